The van der Waals surface area contributed by atoms with Gasteiger partial charge in [0.15, 0.2) is 0 Å². The molecule has 1 N–H and O–H groups in total. The Morgan fingerprint density at radius 2 is 1.92 bits per heavy atom. The molecule has 5 nitrogen and oxygen atoms in total. The van der Waals surface area contributed by atoms with Crippen molar-refractivity contribution in [1.82, 2.24) is 5.32 Å². The second-order valence-electron chi connectivity index (χ2n) is 7.66. The van der Waals surface area contributed by atoms with Crippen molar-refractivity contribution in [2.24, 2.45) is 0 Å². The van der Waals surface area contributed by atoms with Crippen molar-refractivity contribution in [2.75, 3.05) is 24.6 Å². The van der Waals surface area contributed by atoms with E-state index in [1.54, 1.807) is 4.90 Å². The molecule has 5 heteroatoms. The van der Waals surface area contributed by atoms with Gasteiger partial charge in [0.2, 0.25) is 11.8 Å². The predicted octanol–water partition coefficient (Wildman–Crippen LogP) is 3.02. The lowest BCUT2D eigenvalue weighted by Gasteiger charge is -2.24. The molecule has 25 heavy (non-hydrogen) atoms. The number of hydrogen-bond donors (Lipinski definition) is 1. The largest absolute Gasteiger partial charge is 0.376 e. The van der Waals surface area contributed by atoms with E-state index in [1.165, 1.54) is 12.5 Å². The smallest absolute Gasteiger partial charge is 0.223 e. The molecule has 0 bridgehead atoms. The molecule has 1 aromatic carbocycles. The van der Waals surface area contributed by atoms with Crippen molar-refractivity contribution in [1.29, 1.82) is 0 Å². The molecule has 0 aliphatic carbocycles. The lowest BCUT2D eigenvalue weighted by molar-refractivity contribution is -0.121. The molecule has 0 saturated carbocycles. The van der Waals surface area contributed by atoms with Gasteiger partial charge in [0.1, 0.15) is 0 Å². The summed E-state index contributed by atoms with van der Waals surface area (Å²) < 4.78 is 5.50. The fraction of sp³-hybridized carbons (Fsp3) is 0.600. The van der Waals surface area contributed by atoms with Gasteiger partial charge in [-0.2, -0.15) is 0 Å². The molecule has 1 atom stereocenters. The van der Waals surface area contributed by atoms with Crippen LogP contribution in [0.15, 0.2) is 24.3 Å². The maximum absolute atomic E-state index is 12.0. The molecule has 1 heterocycles. The van der Waals surface area contributed by atoms with E-state index in [9.17, 15) is 9.59 Å². The van der Waals surface area contributed by atoms with E-state index in [2.05, 4.69) is 26.1 Å². The summed E-state index contributed by atoms with van der Waals surface area (Å²) in [6.07, 6.45) is 2.48. The number of anilines is 1. The van der Waals surface area contributed by atoms with Crippen LogP contribution in [0, 0.1) is 0 Å². The summed E-state index contributed by atoms with van der Waals surface area (Å²) >= 11 is 0. The van der Waals surface area contributed by atoms with Crippen molar-refractivity contribution in [3.8, 4) is 0 Å². The average molecular weight is 346 g/mol. The summed E-state index contributed by atoms with van der Waals surface area (Å²) in [6, 6.07) is 7.99. The molecule has 1 fully saturated rings. The van der Waals surface area contributed by atoms with Gasteiger partial charge in [0.05, 0.1) is 6.10 Å². The molecule has 0 aromatic heterocycles. The number of nitrogens with zero attached hydrogens (tertiary/aromatic N) is 1. The number of nitrogens with one attached hydrogen (secondary N) is 1. The molecule has 1 unspecified atom stereocenters. The maximum Gasteiger partial charge on any atom is 0.223 e. The van der Waals surface area contributed by atoms with E-state index in [-0.39, 0.29) is 29.8 Å². The Labute approximate surface area is 150 Å². The molecule has 1 aliphatic rings. The summed E-state index contributed by atoms with van der Waals surface area (Å²) in [5, 5.41) is 2.90. The van der Waals surface area contributed by atoms with E-state index in [4.69, 9.17) is 4.74 Å². The van der Waals surface area contributed by atoms with Crippen molar-refractivity contribution in [3.05, 3.63) is 29.8 Å². The number of hydrogen-bond acceptors (Lipinski definition) is 3. The highest BCUT2D eigenvalue weighted by Gasteiger charge is 2.18. The Hall–Kier alpha value is -1.88. The SMILES string of the molecule is CC(=O)N(CCC(=O)NCC1CCCO1)c1ccc(C(C)(C)C)cc1. The molecule has 1 aliphatic heterocycles. The Balaban J connectivity index is 1.89. The molecule has 1 aromatic rings. The van der Waals surface area contributed by atoms with Gasteiger partial charge in [-0.3, -0.25) is 9.59 Å². The van der Waals surface area contributed by atoms with E-state index < -0.39 is 0 Å². The monoisotopic (exact) mass is 346 g/mol. The molecule has 2 rings (SSSR count). The molecule has 2 amide bonds. The van der Waals surface area contributed by atoms with Crippen LogP contribution in [0.5, 0.6) is 0 Å². The first-order valence-electron chi connectivity index (χ1n) is 9.04. The quantitative estimate of drug-likeness (QED) is 0.861. The number of benzene rings is 1. The van der Waals surface area contributed by atoms with Crippen LogP contribution in [-0.4, -0.2) is 37.6 Å². The third kappa shape index (κ3) is 5.85. The normalized spacial score (nSPS) is 17.4. The van der Waals surface area contributed by atoms with Gasteiger partial charge >= 0.3 is 0 Å². The minimum atomic E-state index is -0.0598. The summed E-state index contributed by atoms with van der Waals surface area (Å²) in [4.78, 5) is 25.7. The Bertz CT molecular complexity index is 584. The van der Waals surface area contributed by atoms with Crippen molar-refractivity contribution in [2.45, 2.75) is 58.5 Å². The lowest BCUT2D eigenvalue weighted by Crippen LogP contribution is -2.36. The molecule has 0 radical (unpaired) electrons. The first-order valence-corrected chi connectivity index (χ1v) is 9.04. The van der Waals surface area contributed by atoms with Crippen LogP contribution in [0.2, 0.25) is 0 Å². The zero-order chi connectivity index (χ0) is 18.4. The highest BCUT2D eigenvalue weighted by Crippen LogP contribution is 2.25. The highest BCUT2D eigenvalue weighted by atomic mass is 16.5. The average Bonchev–Trinajstić information content (AvgIpc) is 3.06. The number of rotatable bonds is 6. The summed E-state index contributed by atoms with van der Waals surface area (Å²) in [6.45, 7) is 9.71. The van der Waals surface area contributed by atoms with Gasteiger partial charge in [-0.05, 0) is 36.0 Å². The minimum Gasteiger partial charge on any atom is -0.376 e. The minimum absolute atomic E-state index is 0.0481. The van der Waals surface area contributed by atoms with Gasteiger partial charge in [0.25, 0.3) is 0 Å². The number of amides is 2. The molecule has 138 valence electrons. The number of carbonyl (C=O) groups excluding carboxylic acids is 2. The molecular formula is C20H30N2O3. The van der Waals surface area contributed by atoms with Gasteiger partial charge in [-0.25, -0.2) is 0 Å². The third-order valence-electron chi connectivity index (χ3n) is 4.54. The topological polar surface area (TPSA) is 58.6 Å². The van der Waals surface area contributed by atoms with Crippen LogP contribution in [0.25, 0.3) is 0 Å². The predicted molar refractivity (Wildman–Crippen MR) is 99.8 cm³/mol. The lowest BCUT2D eigenvalue weighted by atomic mass is 9.87. The third-order valence-corrected chi connectivity index (χ3v) is 4.54. The zero-order valence-electron chi connectivity index (χ0n) is 15.8. The summed E-state index contributed by atoms with van der Waals surface area (Å²) in [5.74, 6) is -0.108. The molecule has 0 spiro atoms. The van der Waals surface area contributed by atoms with Crippen molar-refractivity contribution >= 4 is 17.5 Å². The molecule has 1 saturated heterocycles. The van der Waals surface area contributed by atoms with Crippen LogP contribution in [0.4, 0.5) is 5.69 Å². The van der Waals surface area contributed by atoms with Crippen molar-refractivity contribution in [3.63, 3.8) is 0 Å². The van der Waals surface area contributed by atoms with Gasteiger partial charge in [-0.1, -0.05) is 32.9 Å². The first-order chi connectivity index (χ1) is 11.8. The zero-order valence-corrected chi connectivity index (χ0v) is 15.8. The Morgan fingerprint density at radius 3 is 2.44 bits per heavy atom. The fourth-order valence-electron chi connectivity index (χ4n) is 2.94. The Kier molecular flexibility index (Phi) is 6.59. The standard InChI is InChI=1S/C20H30N2O3/c1-15(23)22(17-9-7-16(8-10-17)20(2,3)4)12-11-19(24)21-14-18-6-5-13-25-18/h7-10,18H,5-6,11-14H2,1-4H3,(H,21,24). The van der Waals surface area contributed by atoms with Crippen LogP contribution in [-0.2, 0) is 19.7 Å². The van der Waals surface area contributed by atoms with Gasteiger partial charge < -0.3 is 15.0 Å². The van der Waals surface area contributed by atoms with Gasteiger partial charge in [-0.15, -0.1) is 0 Å². The van der Waals surface area contributed by atoms with E-state index in [0.717, 1.165) is 25.1 Å². The second-order valence-corrected chi connectivity index (χ2v) is 7.66. The van der Waals surface area contributed by atoms with E-state index in [1.807, 2.05) is 24.3 Å². The number of ether oxygens (including phenoxy) is 1. The van der Waals surface area contributed by atoms with Crippen LogP contribution < -0.4 is 10.2 Å². The maximum atomic E-state index is 12.0. The second kappa shape index (κ2) is 8.48. The highest BCUT2D eigenvalue weighted by molar-refractivity contribution is 5.92. The first kappa shape index (κ1) is 19.4. The summed E-state index contributed by atoms with van der Waals surface area (Å²) in [7, 11) is 0. The number of carbonyl (C=O) groups is 2. The Morgan fingerprint density at radius 1 is 1.24 bits per heavy atom. The van der Waals surface area contributed by atoms with Crippen LogP contribution in [0.3, 0.4) is 0 Å². The van der Waals surface area contributed by atoms with E-state index >= 15 is 0 Å². The fourth-order valence-corrected chi connectivity index (χ4v) is 2.94. The van der Waals surface area contributed by atoms with Crippen molar-refractivity contribution < 1.29 is 14.3 Å². The van der Waals surface area contributed by atoms with Gasteiger partial charge in [0, 0.05) is 38.7 Å². The van der Waals surface area contributed by atoms with Crippen LogP contribution in [0.1, 0.15) is 52.5 Å². The van der Waals surface area contributed by atoms with Crippen LogP contribution >= 0.6 is 0 Å². The molecular weight excluding hydrogens is 316 g/mol. The summed E-state index contributed by atoms with van der Waals surface area (Å²) in [5.41, 5.74) is 2.11. The van der Waals surface area contributed by atoms with E-state index in [0.29, 0.717) is 13.1 Å².